The van der Waals surface area contributed by atoms with Gasteiger partial charge in [0, 0.05) is 12.3 Å². The number of nitrogens with one attached hydrogen (secondary N) is 2. The lowest BCUT2D eigenvalue weighted by Gasteiger charge is -2.44. The largest absolute Gasteiger partial charge is 0.388 e. The maximum Gasteiger partial charge on any atom is 0.237 e. The molecule has 2 heterocycles. The predicted molar refractivity (Wildman–Crippen MR) is 109 cm³/mol. The SMILES string of the molecule is Cl.[2H]C1([2H])N[C@]([2H])(C(=O)N[C@@H](C2OC(SC)C(O)C(O)C2O)[C@@H](C)Cl)C([2H])([2H])[C@]([2H])(C([2H])([2H])C)C1([2H])[2H]. The second-order valence-electron chi connectivity index (χ2n) is 5.85. The fourth-order valence-corrected chi connectivity index (χ4v) is 3.52. The van der Waals surface area contributed by atoms with Crippen LogP contribution < -0.4 is 10.6 Å². The number of rotatable bonds is 6. The molecule has 0 aromatic rings. The average molecular weight is 457 g/mol. The van der Waals surface area contributed by atoms with Crippen molar-refractivity contribution in [2.45, 2.75) is 80.3 Å². The van der Waals surface area contributed by atoms with Crippen LogP contribution in [0.15, 0.2) is 0 Å². The molecule has 10 heteroatoms. The zero-order valence-electron chi connectivity index (χ0n) is 24.9. The summed E-state index contributed by atoms with van der Waals surface area (Å²) in [6.45, 7) is -1.44. The molecular weight excluding hydrogens is 415 g/mol. The molecule has 0 spiro atoms. The van der Waals surface area contributed by atoms with Crippen molar-refractivity contribution in [3.8, 4) is 0 Å². The van der Waals surface area contributed by atoms with Gasteiger partial charge in [0.15, 0.2) is 0 Å². The van der Waals surface area contributed by atoms with E-state index in [0.717, 1.165) is 11.8 Å². The number of hydrogen-bond donors (Lipinski definition) is 5. The zero-order valence-corrected chi connectivity index (χ0v) is 17.3. The number of halogens is 2. The standard InChI is InChI=1S/C17H31ClN2O5S.ClH/c1-4-9-5-6-19-10(7-9)16(24)20-11(8(2)18)15-13(22)12(21)14(23)17(25-15)26-3;/h8-15,17,19,21-23H,4-7H2,1-3H3,(H,20,24);1H/t8-,9-,10+,11-,12?,13?,14?,15?,17?;/m1./s1/i4D2,5D2,6D2,7D2,9D,10D;. The first-order chi connectivity index (χ1) is 16.0. The van der Waals surface area contributed by atoms with E-state index < -0.39 is 84.7 Å². The lowest BCUT2D eigenvalue weighted by molar-refractivity contribution is -0.205. The first kappa shape index (κ1) is 13.5. The van der Waals surface area contributed by atoms with Crippen molar-refractivity contribution in [3.63, 3.8) is 0 Å². The minimum absolute atomic E-state index is 0. The third-order valence-electron chi connectivity index (χ3n) is 4.09. The highest BCUT2D eigenvalue weighted by Gasteiger charge is 2.48. The summed E-state index contributed by atoms with van der Waals surface area (Å²) in [4.78, 5) is 13.4. The molecule has 27 heavy (non-hydrogen) atoms. The summed E-state index contributed by atoms with van der Waals surface area (Å²) < 4.78 is 87.9. The molecule has 0 saturated carbocycles. The topological polar surface area (TPSA) is 111 Å². The van der Waals surface area contributed by atoms with Gasteiger partial charge in [-0.05, 0) is 38.3 Å². The van der Waals surface area contributed by atoms with Gasteiger partial charge < -0.3 is 30.7 Å². The number of aliphatic hydroxyl groups excluding tert-OH is 3. The number of alkyl halides is 1. The van der Waals surface area contributed by atoms with Crippen LogP contribution in [0.4, 0.5) is 0 Å². The van der Waals surface area contributed by atoms with Crippen molar-refractivity contribution in [1.29, 1.82) is 0 Å². The number of amides is 1. The maximum absolute atomic E-state index is 13.4. The molecule has 2 aliphatic heterocycles. The lowest BCUT2D eigenvalue weighted by atomic mass is 9.89. The Kier molecular flexibility index (Phi) is 5.70. The smallest absolute Gasteiger partial charge is 0.237 e. The predicted octanol–water partition coefficient (Wildman–Crippen LogP) is 0.469. The van der Waals surface area contributed by atoms with Crippen LogP contribution in [0.3, 0.4) is 0 Å². The minimum Gasteiger partial charge on any atom is -0.388 e. The summed E-state index contributed by atoms with van der Waals surface area (Å²) in [7, 11) is 0. The molecule has 5 N–H and O–H groups in total. The van der Waals surface area contributed by atoms with Gasteiger partial charge in [-0.3, -0.25) is 4.79 Å². The fourth-order valence-electron chi connectivity index (χ4n) is 2.63. The summed E-state index contributed by atoms with van der Waals surface area (Å²) in [5.41, 5.74) is -1.07. The van der Waals surface area contributed by atoms with E-state index in [0.29, 0.717) is 6.92 Å². The summed E-state index contributed by atoms with van der Waals surface area (Å²) in [6, 6.07) is -4.94. The molecule has 2 fully saturated rings. The van der Waals surface area contributed by atoms with E-state index in [2.05, 4.69) is 5.32 Å². The van der Waals surface area contributed by atoms with E-state index in [-0.39, 0.29) is 12.4 Å². The van der Waals surface area contributed by atoms with E-state index in [4.69, 9.17) is 30.0 Å². The second-order valence-corrected chi connectivity index (χ2v) is 7.48. The number of piperidine rings is 1. The highest BCUT2D eigenvalue weighted by atomic mass is 35.5. The van der Waals surface area contributed by atoms with Gasteiger partial charge in [-0.1, -0.05) is 13.3 Å². The van der Waals surface area contributed by atoms with Crippen molar-refractivity contribution in [2.24, 2.45) is 5.89 Å². The molecule has 0 radical (unpaired) electrons. The normalized spacial score (nSPS) is 56.2. The molecule has 9 atom stereocenters. The van der Waals surface area contributed by atoms with Crippen LogP contribution in [0.25, 0.3) is 0 Å². The molecule has 5 unspecified atom stereocenters. The van der Waals surface area contributed by atoms with E-state index >= 15 is 0 Å². The van der Waals surface area contributed by atoms with Gasteiger partial charge in [0.05, 0.1) is 18.8 Å². The van der Waals surface area contributed by atoms with Gasteiger partial charge in [0.2, 0.25) is 5.91 Å². The molecule has 0 aromatic heterocycles. The monoisotopic (exact) mass is 456 g/mol. The van der Waals surface area contributed by atoms with E-state index in [9.17, 15) is 20.1 Å². The first-order valence-electron chi connectivity index (χ1n) is 12.9. The lowest BCUT2D eigenvalue weighted by Crippen LogP contribution is -2.65. The summed E-state index contributed by atoms with van der Waals surface area (Å²) in [5.74, 6) is -5.27. The molecule has 0 aromatic carbocycles. The third-order valence-corrected chi connectivity index (χ3v) is 5.21. The Morgan fingerprint density at radius 3 is 2.70 bits per heavy atom. The number of ether oxygens (including phenoxy) is 1. The van der Waals surface area contributed by atoms with Gasteiger partial charge in [0.1, 0.15) is 29.9 Å². The van der Waals surface area contributed by atoms with Gasteiger partial charge in [-0.25, -0.2) is 0 Å². The Bertz CT molecular complexity index is 858. The second kappa shape index (κ2) is 11.4. The van der Waals surface area contributed by atoms with Crippen molar-refractivity contribution in [1.82, 2.24) is 10.6 Å². The molecule has 160 valence electrons. The Morgan fingerprint density at radius 1 is 1.48 bits per heavy atom. The molecule has 2 rings (SSSR count). The molecule has 7 nitrogen and oxygen atoms in total. The van der Waals surface area contributed by atoms with E-state index in [1.165, 1.54) is 13.2 Å². The Morgan fingerprint density at radius 2 is 2.15 bits per heavy atom. The first-order valence-corrected chi connectivity index (χ1v) is 9.65. The molecule has 1 amide bonds. The number of aliphatic hydroxyl groups is 3. The summed E-state index contributed by atoms with van der Waals surface area (Å²) >= 11 is 7.16. The summed E-state index contributed by atoms with van der Waals surface area (Å²) in [6.07, 6.45) is -15.3. The Labute approximate surface area is 190 Å². The van der Waals surface area contributed by atoms with Gasteiger partial charge >= 0.3 is 0 Å². The quantitative estimate of drug-likeness (QED) is 0.369. The van der Waals surface area contributed by atoms with Crippen molar-refractivity contribution in [3.05, 3.63) is 0 Å². The summed E-state index contributed by atoms with van der Waals surface area (Å²) in [5, 5.41) is 33.6. The van der Waals surface area contributed by atoms with E-state index in [1.807, 2.05) is 0 Å². The molecule has 2 aliphatic rings. The van der Waals surface area contributed by atoms with Crippen LogP contribution in [0, 0.1) is 5.89 Å². The van der Waals surface area contributed by atoms with Crippen LogP contribution >= 0.6 is 35.8 Å². The zero-order chi connectivity index (χ0) is 28.4. The molecule has 0 bridgehead atoms. The van der Waals surface area contributed by atoms with Crippen molar-refractivity contribution >= 4 is 41.7 Å². The number of hydrogen-bond acceptors (Lipinski definition) is 7. The minimum atomic E-state index is -3.69. The van der Waals surface area contributed by atoms with Crippen LogP contribution in [-0.4, -0.2) is 81.3 Å². The van der Waals surface area contributed by atoms with Crippen molar-refractivity contribution in [2.75, 3.05) is 12.8 Å². The van der Waals surface area contributed by atoms with Crippen LogP contribution in [0.2, 0.25) is 0 Å². The van der Waals surface area contributed by atoms with Crippen LogP contribution in [-0.2, 0) is 9.53 Å². The molecular formula is C17H32Cl2N2O5S. The average Bonchev–Trinajstić information content (AvgIpc) is 2.73. The van der Waals surface area contributed by atoms with Crippen LogP contribution in [0.5, 0.6) is 0 Å². The van der Waals surface area contributed by atoms with Crippen LogP contribution in [0.1, 0.15) is 46.7 Å². The van der Waals surface area contributed by atoms with Gasteiger partial charge in [-0.15, -0.1) is 35.8 Å². The van der Waals surface area contributed by atoms with Crippen molar-refractivity contribution < 1.29 is 38.6 Å². The number of carbonyl (C=O) groups excluding carboxylic acids is 1. The fraction of sp³-hybridized carbons (Fsp3) is 0.941. The number of thioether (sulfide) groups is 1. The van der Waals surface area contributed by atoms with Gasteiger partial charge in [-0.2, -0.15) is 0 Å². The highest BCUT2D eigenvalue weighted by molar-refractivity contribution is 7.99. The Hall–Kier alpha value is 0.200. The Balaban J connectivity index is 0.00000684. The molecule has 0 aliphatic carbocycles. The third kappa shape index (κ3) is 6.09. The number of carbonyl (C=O) groups is 1. The highest BCUT2D eigenvalue weighted by Crippen LogP contribution is 2.30. The molecule has 2 saturated heterocycles. The maximum atomic E-state index is 13.4. The van der Waals surface area contributed by atoms with E-state index in [1.54, 1.807) is 5.32 Å². The van der Waals surface area contributed by atoms with Gasteiger partial charge in [0.25, 0.3) is 0 Å².